The topological polar surface area (TPSA) is 82.3 Å². The molecule has 1 aromatic carbocycles. The van der Waals surface area contributed by atoms with Crippen molar-refractivity contribution in [3.8, 4) is 11.8 Å². The fourth-order valence-electron chi connectivity index (χ4n) is 1.77. The molecule has 21 heavy (non-hydrogen) atoms. The van der Waals surface area contributed by atoms with E-state index in [9.17, 15) is 4.79 Å². The van der Waals surface area contributed by atoms with Crippen LogP contribution in [0.15, 0.2) is 24.3 Å². The van der Waals surface area contributed by atoms with Crippen molar-refractivity contribution < 1.29 is 14.6 Å². The van der Waals surface area contributed by atoms with Crippen LogP contribution in [0.5, 0.6) is 5.75 Å². The van der Waals surface area contributed by atoms with E-state index >= 15 is 0 Å². The second kappa shape index (κ2) is 7.65. The van der Waals surface area contributed by atoms with E-state index in [4.69, 9.17) is 15.1 Å². The summed E-state index contributed by atoms with van der Waals surface area (Å²) in [6.45, 7) is 6.13. The van der Waals surface area contributed by atoms with Gasteiger partial charge in [0, 0.05) is 13.2 Å². The Morgan fingerprint density at radius 3 is 2.76 bits per heavy atom. The average Bonchev–Trinajstić information content (AvgIpc) is 2.45. The summed E-state index contributed by atoms with van der Waals surface area (Å²) in [4.78, 5) is 12.0. The lowest BCUT2D eigenvalue weighted by Gasteiger charge is -2.25. The van der Waals surface area contributed by atoms with Gasteiger partial charge < -0.3 is 15.2 Å². The van der Waals surface area contributed by atoms with Crippen LogP contribution in [-0.4, -0.2) is 30.3 Å². The Kier molecular flexibility index (Phi) is 6.19. The summed E-state index contributed by atoms with van der Waals surface area (Å²) in [6.07, 6.45) is -0.0794. The molecule has 1 aromatic rings. The number of nitrogens with zero attached hydrogens (tertiary/aromatic N) is 1. The highest BCUT2D eigenvalue weighted by molar-refractivity contribution is 5.80. The van der Waals surface area contributed by atoms with E-state index in [1.807, 2.05) is 19.9 Å². The van der Waals surface area contributed by atoms with Crippen molar-refractivity contribution in [3.05, 3.63) is 29.8 Å². The molecule has 1 unspecified atom stereocenters. The molecule has 1 atom stereocenters. The molecule has 2 N–H and O–H groups in total. The van der Waals surface area contributed by atoms with E-state index in [0.717, 1.165) is 0 Å². The summed E-state index contributed by atoms with van der Waals surface area (Å²) in [5, 5.41) is 20.8. The van der Waals surface area contributed by atoms with E-state index in [1.54, 1.807) is 31.2 Å². The van der Waals surface area contributed by atoms with Crippen LogP contribution in [0.4, 0.5) is 0 Å². The second-order valence-corrected chi connectivity index (χ2v) is 5.72. The molecule has 1 rings (SSSR count). The highest BCUT2D eigenvalue weighted by atomic mass is 16.5. The normalized spacial score (nSPS) is 12.3. The van der Waals surface area contributed by atoms with Gasteiger partial charge in [-0.2, -0.15) is 5.26 Å². The number of benzene rings is 1. The van der Waals surface area contributed by atoms with Gasteiger partial charge in [0.2, 0.25) is 0 Å². The molecule has 1 amide bonds. The maximum atomic E-state index is 12.0. The Bertz CT molecular complexity index is 520. The molecular formula is C16H22N2O3. The Morgan fingerprint density at radius 2 is 2.14 bits per heavy atom. The first-order valence-corrected chi connectivity index (χ1v) is 6.94. The Labute approximate surface area is 125 Å². The minimum atomic E-state index is -0.690. The highest BCUT2D eigenvalue weighted by Crippen LogP contribution is 2.19. The molecule has 0 saturated heterocycles. The minimum absolute atomic E-state index is 0.0878. The number of nitriles is 1. The number of ether oxygens (including phenoxy) is 1. The molecule has 0 saturated carbocycles. The third-order valence-corrected chi connectivity index (χ3v) is 3.21. The van der Waals surface area contributed by atoms with Crippen molar-refractivity contribution >= 4 is 5.91 Å². The maximum absolute atomic E-state index is 12.0. The van der Waals surface area contributed by atoms with Gasteiger partial charge in [-0.25, -0.2) is 0 Å². The largest absolute Gasteiger partial charge is 0.480 e. The van der Waals surface area contributed by atoms with Crippen LogP contribution in [-0.2, 0) is 4.79 Å². The van der Waals surface area contributed by atoms with Crippen LogP contribution >= 0.6 is 0 Å². The third kappa shape index (κ3) is 5.44. The summed E-state index contributed by atoms with van der Waals surface area (Å²) < 4.78 is 5.54. The predicted octanol–water partition coefficient (Wildman–Crippen LogP) is 1.85. The van der Waals surface area contributed by atoms with Crippen molar-refractivity contribution in [1.29, 1.82) is 5.26 Å². The molecule has 0 radical (unpaired) electrons. The monoisotopic (exact) mass is 290 g/mol. The molecular weight excluding hydrogens is 268 g/mol. The van der Waals surface area contributed by atoms with Gasteiger partial charge in [0.15, 0.2) is 6.10 Å². The molecule has 0 heterocycles. The van der Waals surface area contributed by atoms with E-state index < -0.39 is 6.10 Å². The second-order valence-electron chi connectivity index (χ2n) is 5.72. The fourth-order valence-corrected chi connectivity index (χ4v) is 1.77. The SMILES string of the molecule is CC(Oc1ccccc1C#N)C(=O)NCC(C)(C)CCO. The quantitative estimate of drug-likeness (QED) is 0.803. The first-order valence-electron chi connectivity index (χ1n) is 6.94. The lowest BCUT2D eigenvalue weighted by molar-refractivity contribution is -0.127. The lowest BCUT2D eigenvalue weighted by atomic mass is 9.90. The van der Waals surface area contributed by atoms with Crippen LogP contribution in [0.25, 0.3) is 0 Å². The number of hydrogen-bond donors (Lipinski definition) is 2. The Hall–Kier alpha value is -2.06. The zero-order chi connectivity index (χ0) is 15.9. The number of nitrogens with one attached hydrogen (secondary N) is 1. The molecule has 0 aromatic heterocycles. The Morgan fingerprint density at radius 1 is 1.48 bits per heavy atom. The number of carbonyl (C=O) groups is 1. The zero-order valence-corrected chi connectivity index (χ0v) is 12.7. The highest BCUT2D eigenvalue weighted by Gasteiger charge is 2.21. The summed E-state index contributed by atoms with van der Waals surface area (Å²) in [7, 11) is 0. The number of aliphatic hydroxyl groups is 1. The van der Waals surface area contributed by atoms with Gasteiger partial charge in [-0.3, -0.25) is 4.79 Å². The maximum Gasteiger partial charge on any atom is 0.260 e. The van der Waals surface area contributed by atoms with Crippen LogP contribution in [0, 0.1) is 16.7 Å². The molecule has 0 aliphatic heterocycles. The summed E-state index contributed by atoms with van der Waals surface area (Å²) in [6, 6.07) is 8.83. The standard InChI is InChI=1S/C16H22N2O3/c1-12(15(20)18-11-16(2,3)8-9-19)21-14-7-5-4-6-13(14)10-17/h4-7,12,19H,8-9,11H2,1-3H3,(H,18,20). The third-order valence-electron chi connectivity index (χ3n) is 3.21. The molecule has 5 heteroatoms. The average molecular weight is 290 g/mol. The minimum Gasteiger partial charge on any atom is -0.480 e. The number of aliphatic hydroxyl groups excluding tert-OH is 1. The fraction of sp³-hybridized carbons (Fsp3) is 0.500. The van der Waals surface area contributed by atoms with Gasteiger partial charge >= 0.3 is 0 Å². The van der Waals surface area contributed by atoms with Crippen molar-refractivity contribution in [3.63, 3.8) is 0 Å². The number of rotatable bonds is 7. The summed E-state index contributed by atoms with van der Waals surface area (Å²) >= 11 is 0. The van der Waals surface area contributed by atoms with Crippen molar-refractivity contribution in [2.24, 2.45) is 5.41 Å². The van der Waals surface area contributed by atoms with Gasteiger partial charge in [-0.05, 0) is 30.9 Å². The van der Waals surface area contributed by atoms with Gasteiger partial charge in [0.1, 0.15) is 11.8 Å². The molecule has 0 aliphatic rings. The van der Waals surface area contributed by atoms with Gasteiger partial charge in [-0.1, -0.05) is 26.0 Å². The molecule has 0 fully saturated rings. The van der Waals surface area contributed by atoms with Crippen molar-refractivity contribution in [2.45, 2.75) is 33.3 Å². The van der Waals surface area contributed by atoms with Crippen LogP contribution in [0.3, 0.4) is 0 Å². The van der Waals surface area contributed by atoms with Gasteiger partial charge in [0.25, 0.3) is 5.91 Å². The number of carbonyl (C=O) groups excluding carboxylic acids is 1. The molecule has 114 valence electrons. The summed E-state index contributed by atoms with van der Waals surface area (Å²) in [5.41, 5.74) is 0.229. The zero-order valence-electron chi connectivity index (χ0n) is 12.7. The predicted molar refractivity (Wildman–Crippen MR) is 79.7 cm³/mol. The number of para-hydroxylation sites is 1. The van der Waals surface area contributed by atoms with E-state index in [-0.39, 0.29) is 17.9 Å². The molecule has 0 aliphatic carbocycles. The Balaban J connectivity index is 2.58. The first-order chi connectivity index (χ1) is 9.89. The van der Waals surface area contributed by atoms with Gasteiger partial charge in [0.05, 0.1) is 5.56 Å². The van der Waals surface area contributed by atoms with E-state index in [1.165, 1.54) is 0 Å². The van der Waals surface area contributed by atoms with Crippen LogP contribution < -0.4 is 10.1 Å². The molecule has 0 bridgehead atoms. The van der Waals surface area contributed by atoms with Gasteiger partial charge in [-0.15, -0.1) is 0 Å². The van der Waals surface area contributed by atoms with Crippen LogP contribution in [0.1, 0.15) is 32.8 Å². The van der Waals surface area contributed by atoms with Crippen molar-refractivity contribution in [2.75, 3.05) is 13.2 Å². The first kappa shape index (κ1) is 17.0. The van der Waals surface area contributed by atoms with E-state index in [0.29, 0.717) is 24.3 Å². The smallest absolute Gasteiger partial charge is 0.260 e. The number of amides is 1. The van der Waals surface area contributed by atoms with E-state index in [2.05, 4.69) is 5.32 Å². The number of hydrogen-bond acceptors (Lipinski definition) is 4. The molecule has 0 spiro atoms. The summed E-state index contributed by atoms with van der Waals surface area (Å²) in [5.74, 6) is 0.158. The van der Waals surface area contributed by atoms with Crippen LogP contribution in [0.2, 0.25) is 0 Å². The molecule has 5 nitrogen and oxygen atoms in total. The lowest BCUT2D eigenvalue weighted by Crippen LogP contribution is -2.41. The van der Waals surface area contributed by atoms with Crippen molar-refractivity contribution in [1.82, 2.24) is 5.32 Å².